The summed E-state index contributed by atoms with van der Waals surface area (Å²) in [6.45, 7) is 0.950. The molecular weight excluding hydrogens is 263 g/mol. The molecule has 1 fully saturated rings. The highest BCUT2D eigenvalue weighted by molar-refractivity contribution is 5.72. The molecule has 0 aliphatic carbocycles. The first kappa shape index (κ1) is 13.5. The Labute approximate surface area is 107 Å². The van der Waals surface area contributed by atoms with Crippen molar-refractivity contribution < 1.29 is 27.8 Å². The van der Waals surface area contributed by atoms with Gasteiger partial charge in [-0.1, -0.05) is 0 Å². The van der Waals surface area contributed by atoms with Crippen molar-refractivity contribution in [2.75, 3.05) is 18.0 Å². The summed E-state index contributed by atoms with van der Waals surface area (Å²) in [5.41, 5.74) is 0.693. The summed E-state index contributed by atoms with van der Waals surface area (Å²) in [5.74, 6) is -1.56. The number of halogens is 3. The first-order valence-corrected chi connectivity index (χ1v) is 5.69. The molecule has 1 aromatic rings. The van der Waals surface area contributed by atoms with E-state index in [1.54, 1.807) is 0 Å². The highest BCUT2D eigenvalue weighted by Gasteiger charge is 2.31. The summed E-state index contributed by atoms with van der Waals surface area (Å²) in [6.07, 6.45) is -4.17. The molecule has 1 aromatic carbocycles. The Hall–Kier alpha value is -1.92. The van der Waals surface area contributed by atoms with Crippen LogP contribution < -0.4 is 9.64 Å². The average Bonchev–Trinajstić information content (AvgIpc) is 2.77. The number of carboxylic acid groups (broad SMARTS) is 1. The van der Waals surface area contributed by atoms with Gasteiger partial charge in [-0.05, 0) is 30.7 Å². The lowest BCUT2D eigenvalue weighted by Crippen LogP contribution is -2.22. The lowest BCUT2D eigenvalue weighted by atomic mass is 10.1. The van der Waals surface area contributed by atoms with Crippen LogP contribution in [0.1, 0.15) is 6.42 Å². The van der Waals surface area contributed by atoms with Gasteiger partial charge in [0.25, 0.3) is 0 Å². The quantitative estimate of drug-likeness (QED) is 0.920. The van der Waals surface area contributed by atoms with Crippen molar-refractivity contribution in [3.05, 3.63) is 24.3 Å². The zero-order valence-corrected chi connectivity index (χ0v) is 9.85. The number of aliphatic carboxylic acids is 1. The maximum Gasteiger partial charge on any atom is 0.573 e. The first-order chi connectivity index (χ1) is 8.85. The average molecular weight is 275 g/mol. The molecule has 0 aromatic heterocycles. The molecule has 1 atom stereocenters. The van der Waals surface area contributed by atoms with Crippen LogP contribution in [0.2, 0.25) is 0 Å². The molecular formula is C12H12F3NO3. The second-order valence-corrected chi connectivity index (χ2v) is 4.31. The third kappa shape index (κ3) is 3.52. The summed E-state index contributed by atoms with van der Waals surface area (Å²) >= 11 is 0. The number of benzene rings is 1. The van der Waals surface area contributed by atoms with E-state index in [0.29, 0.717) is 25.2 Å². The number of hydrogen-bond acceptors (Lipinski definition) is 3. The lowest BCUT2D eigenvalue weighted by Gasteiger charge is -2.18. The number of nitrogens with zero attached hydrogens (tertiary/aromatic N) is 1. The number of hydrogen-bond donors (Lipinski definition) is 1. The second kappa shape index (κ2) is 4.99. The molecule has 1 saturated heterocycles. The fraction of sp³-hybridized carbons (Fsp3) is 0.417. The Morgan fingerprint density at radius 3 is 2.42 bits per heavy atom. The molecule has 0 spiro atoms. The van der Waals surface area contributed by atoms with Gasteiger partial charge in [-0.3, -0.25) is 4.79 Å². The Balaban J connectivity index is 2.01. The normalized spacial score (nSPS) is 19.5. The highest BCUT2D eigenvalue weighted by atomic mass is 19.4. The maximum absolute atomic E-state index is 12.0. The van der Waals surface area contributed by atoms with Crippen LogP contribution in [0, 0.1) is 5.92 Å². The molecule has 1 N–H and O–H groups in total. The number of ether oxygens (including phenoxy) is 1. The minimum atomic E-state index is -4.70. The van der Waals surface area contributed by atoms with Crippen molar-refractivity contribution in [3.63, 3.8) is 0 Å². The largest absolute Gasteiger partial charge is 0.573 e. The van der Waals surface area contributed by atoms with Crippen molar-refractivity contribution in [3.8, 4) is 5.75 Å². The van der Waals surface area contributed by atoms with E-state index in [-0.39, 0.29) is 5.75 Å². The molecule has 0 radical (unpaired) electrons. The van der Waals surface area contributed by atoms with E-state index in [2.05, 4.69) is 4.74 Å². The van der Waals surface area contributed by atoms with Gasteiger partial charge in [-0.2, -0.15) is 0 Å². The van der Waals surface area contributed by atoms with E-state index in [1.165, 1.54) is 24.3 Å². The van der Waals surface area contributed by atoms with Crippen molar-refractivity contribution in [1.29, 1.82) is 0 Å². The minimum absolute atomic E-state index is 0.287. The topological polar surface area (TPSA) is 49.8 Å². The van der Waals surface area contributed by atoms with Gasteiger partial charge >= 0.3 is 12.3 Å². The van der Waals surface area contributed by atoms with E-state index in [1.807, 2.05) is 4.90 Å². The van der Waals surface area contributed by atoms with Crippen LogP contribution in [-0.2, 0) is 4.79 Å². The third-order valence-corrected chi connectivity index (χ3v) is 2.97. The molecule has 2 rings (SSSR count). The molecule has 19 heavy (non-hydrogen) atoms. The van der Waals surface area contributed by atoms with Crippen molar-refractivity contribution in [1.82, 2.24) is 0 Å². The van der Waals surface area contributed by atoms with E-state index in [0.717, 1.165) is 0 Å². The van der Waals surface area contributed by atoms with Crippen LogP contribution in [0.4, 0.5) is 18.9 Å². The molecule has 0 unspecified atom stereocenters. The maximum atomic E-state index is 12.0. The summed E-state index contributed by atoms with van der Waals surface area (Å²) < 4.78 is 39.7. The molecule has 4 nitrogen and oxygen atoms in total. The number of carboxylic acids is 1. The lowest BCUT2D eigenvalue weighted by molar-refractivity contribution is -0.274. The number of anilines is 1. The Bertz CT molecular complexity index is 458. The third-order valence-electron chi connectivity index (χ3n) is 2.97. The SMILES string of the molecule is O=C(O)[C@H]1CCN(c2ccc(OC(F)(F)F)cc2)C1. The predicted octanol–water partition coefficient (Wildman–Crippen LogP) is 2.50. The van der Waals surface area contributed by atoms with E-state index < -0.39 is 18.2 Å². The van der Waals surface area contributed by atoms with Gasteiger partial charge < -0.3 is 14.7 Å². The molecule has 0 amide bonds. The summed E-state index contributed by atoms with van der Waals surface area (Å²) in [6, 6.07) is 5.42. The summed E-state index contributed by atoms with van der Waals surface area (Å²) in [7, 11) is 0. The van der Waals surface area contributed by atoms with Gasteiger partial charge in [0.1, 0.15) is 5.75 Å². The van der Waals surface area contributed by atoms with Crippen molar-refractivity contribution in [2.24, 2.45) is 5.92 Å². The van der Waals surface area contributed by atoms with Crippen LogP contribution in [-0.4, -0.2) is 30.5 Å². The molecule has 1 heterocycles. The van der Waals surface area contributed by atoms with Gasteiger partial charge in [0, 0.05) is 18.8 Å². The Morgan fingerprint density at radius 1 is 1.32 bits per heavy atom. The Kier molecular flexibility index (Phi) is 3.55. The zero-order valence-electron chi connectivity index (χ0n) is 9.85. The number of alkyl halides is 3. The van der Waals surface area contributed by atoms with Gasteiger partial charge in [0.2, 0.25) is 0 Å². The van der Waals surface area contributed by atoms with E-state index in [9.17, 15) is 18.0 Å². The monoisotopic (exact) mass is 275 g/mol. The minimum Gasteiger partial charge on any atom is -0.481 e. The molecule has 1 aliphatic heterocycles. The van der Waals surface area contributed by atoms with Gasteiger partial charge in [0.05, 0.1) is 5.92 Å². The first-order valence-electron chi connectivity index (χ1n) is 5.69. The van der Waals surface area contributed by atoms with Crippen LogP contribution in [0.15, 0.2) is 24.3 Å². The fourth-order valence-electron chi connectivity index (χ4n) is 2.05. The summed E-state index contributed by atoms with van der Waals surface area (Å²) in [4.78, 5) is 12.6. The Morgan fingerprint density at radius 2 is 1.95 bits per heavy atom. The van der Waals surface area contributed by atoms with E-state index >= 15 is 0 Å². The van der Waals surface area contributed by atoms with Crippen LogP contribution in [0.25, 0.3) is 0 Å². The van der Waals surface area contributed by atoms with E-state index in [4.69, 9.17) is 5.11 Å². The van der Waals surface area contributed by atoms with Crippen molar-refractivity contribution >= 4 is 11.7 Å². The second-order valence-electron chi connectivity index (χ2n) is 4.31. The fourth-order valence-corrected chi connectivity index (χ4v) is 2.05. The molecule has 0 bridgehead atoms. The number of carbonyl (C=O) groups is 1. The van der Waals surface area contributed by atoms with Crippen LogP contribution in [0.5, 0.6) is 5.75 Å². The highest BCUT2D eigenvalue weighted by Crippen LogP contribution is 2.28. The van der Waals surface area contributed by atoms with Gasteiger partial charge in [-0.25, -0.2) is 0 Å². The molecule has 0 saturated carbocycles. The van der Waals surface area contributed by atoms with Crippen LogP contribution in [0.3, 0.4) is 0 Å². The summed E-state index contributed by atoms with van der Waals surface area (Å²) in [5, 5.41) is 8.88. The smallest absolute Gasteiger partial charge is 0.481 e. The van der Waals surface area contributed by atoms with Gasteiger partial charge in [0.15, 0.2) is 0 Å². The van der Waals surface area contributed by atoms with Crippen molar-refractivity contribution in [2.45, 2.75) is 12.8 Å². The molecule has 7 heteroatoms. The number of rotatable bonds is 3. The molecule has 1 aliphatic rings. The molecule has 104 valence electrons. The predicted molar refractivity (Wildman–Crippen MR) is 61.1 cm³/mol. The zero-order chi connectivity index (χ0) is 14.0. The standard InChI is InChI=1S/C12H12F3NO3/c13-12(14,15)19-10-3-1-9(2-4-10)16-6-5-8(7-16)11(17)18/h1-4,8H,5-7H2,(H,17,18)/t8-/m0/s1. The van der Waals surface area contributed by atoms with Gasteiger partial charge in [-0.15, -0.1) is 13.2 Å². The van der Waals surface area contributed by atoms with Crippen LogP contribution >= 0.6 is 0 Å².